The Bertz CT molecular complexity index is 901. The average molecular weight is 335 g/mol. The highest BCUT2D eigenvalue weighted by Crippen LogP contribution is 2.25. The molecule has 1 N–H and O–H groups in total. The fourth-order valence-electron chi connectivity index (χ4n) is 2.89. The number of aromatic nitrogens is 1. The summed E-state index contributed by atoms with van der Waals surface area (Å²) in [6.07, 6.45) is 2.84. The maximum atomic E-state index is 12.2. The molecule has 1 aromatic heterocycles. The number of nitrogens with one attached hydrogen (secondary N) is 1. The zero-order chi connectivity index (χ0) is 16.4. The van der Waals surface area contributed by atoms with Gasteiger partial charge in [-0.2, -0.15) is 0 Å². The Morgan fingerprint density at radius 1 is 1.08 bits per heavy atom. The summed E-state index contributed by atoms with van der Waals surface area (Å²) in [5, 5.41) is 2.02. The van der Waals surface area contributed by atoms with Gasteiger partial charge in [0, 0.05) is 23.6 Å². The second kappa shape index (κ2) is 6.53. The minimum absolute atomic E-state index is 0.134. The van der Waals surface area contributed by atoms with E-state index in [0.29, 0.717) is 12.3 Å². The number of thioether (sulfide) groups is 1. The molecule has 1 aliphatic rings. The number of benzene rings is 2. The number of para-hydroxylation sites is 2. The van der Waals surface area contributed by atoms with E-state index >= 15 is 0 Å². The molecule has 0 radical (unpaired) electrons. The number of nitrogens with zero attached hydrogens (tertiary/aromatic N) is 2. The lowest BCUT2D eigenvalue weighted by Crippen LogP contribution is -2.31. The Morgan fingerprint density at radius 2 is 1.88 bits per heavy atom. The molecule has 0 unspecified atom stereocenters. The molecule has 1 saturated heterocycles. The molecule has 3 aromatic rings. The summed E-state index contributed by atoms with van der Waals surface area (Å²) >= 11 is 1.51. The van der Waals surface area contributed by atoms with Crippen LogP contribution in [-0.4, -0.2) is 33.3 Å². The van der Waals surface area contributed by atoms with Crippen LogP contribution < -0.4 is 0 Å². The Balaban J connectivity index is 1.54. The van der Waals surface area contributed by atoms with Crippen LogP contribution in [0.5, 0.6) is 0 Å². The summed E-state index contributed by atoms with van der Waals surface area (Å²) in [5.41, 5.74) is 3.24. The van der Waals surface area contributed by atoms with Crippen LogP contribution in [-0.2, 0) is 11.2 Å². The third-order valence-electron chi connectivity index (χ3n) is 4.12. The maximum absolute atomic E-state index is 12.2. The lowest BCUT2D eigenvalue weighted by Gasteiger charge is -2.15. The zero-order valence-electron chi connectivity index (χ0n) is 13.1. The molecule has 4 nitrogen and oxygen atoms in total. The van der Waals surface area contributed by atoms with Crippen LogP contribution in [0, 0.1) is 0 Å². The van der Waals surface area contributed by atoms with Gasteiger partial charge in [0.25, 0.3) is 0 Å². The van der Waals surface area contributed by atoms with E-state index in [-0.39, 0.29) is 5.91 Å². The first-order valence-corrected chi connectivity index (χ1v) is 8.92. The van der Waals surface area contributed by atoms with E-state index < -0.39 is 0 Å². The molecule has 24 heavy (non-hydrogen) atoms. The number of amidine groups is 1. The quantitative estimate of drug-likeness (QED) is 0.784. The molecule has 2 heterocycles. The van der Waals surface area contributed by atoms with Gasteiger partial charge in [-0.3, -0.25) is 9.69 Å². The van der Waals surface area contributed by atoms with Gasteiger partial charge in [-0.15, -0.1) is 0 Å². The van der Waals surface area contributed by atoms with E-state index in [1.165, 1.54) is 22.7 Å². The lowest BCUT2D eigenvalue weighted by atomic mass is 10.1. The van der Waals surface area contributed by atoms with Gasteiger partial charge in [0.1, 0.15) is 0 Å². The van der Waals surface area contributed by atoms with Crippen LogP contribution in [0.15, 0.2) is 65.8 Å². The fourth-order valence-corrected chi connectivity index (χ4v) is 3.81. The number of fused-ring (bicyclic) bond motifs is 1. The van der Waals surface area contributed by atoms with Crippen molar-refractivity contribution in [2.45, 2.75) is 6.42 Å². The number of amides is 1. The van der Waals surface area contributed by atoms with Gasteiger partial charge in [0.05, 0.1) is 11.4 Å². The largest absolute Gasteiger partial charge is 0.361 e. The van der Waals surface area contributed by atoms with Gasteiger partial charge >= 0.3 is 0 Å². The number of hydrogen-bond acceptors (Lipinski definition) is 3. The fraction of sp³-hybridized carbons (Fsp3) is 0.158. The van der Waals surface area contributed by atoms with Crippen LogP contribution in [0.2, 0.25) is 0 Å². The van der Waals surface area contributed by atoms with Crippen molar-refractivity contribution in [2.75, 3.05) is 12.3 Å². The molecular formula is C19H17N3OS. The van der Waals surface area contributed by atoms with Gasteiger partial charge < -0.3 is 4.98 Å². The first-order chi connectivity index (χ1) is 11.8. The van der Waals surface area contributed by atoms with Crippen LogP contribution in [0.25, 0.3) is 10.9 Å². The second-order valence-corrected chi connectivity index (χ2v) is 6.62. The Kier molecular flexibility index (Phi) is 4.09. The Labute approximate surface area is 144 Å². The first-order valence-electron chi connectivity index (χ1n) is 7.93. The van der Waals surface area contributed by atoms with Crippen LogP contribution in [0.1, 0.15) is 5.56 Å². The molecular weight excluding hydrogens is 318 g/mol. The van der Waals surface area contributed by atoms with E-state index in [9.17, 15) is 4.79 Å². The monoisotopic (exact) mass is 335 g/mol. The predicted octanol–water partition coefficient (Wildman–Crippen LogP) is 3.97. The van der Waals surface area contributed by atoms with Crippen molar-refractivity contribution in [3.8, 4) is 0 Å². The molecule has 0 bridgehead atoms. The predicted molar refractivity (Wildman–Crippen MR) is 99.7 cm³/mol. The SMILES string of the molecule is O=C1CSC(=Nc2ccccc2)N1CCc1c[nH]c2ccccc12. The Morgan fingerprint density at radius 3 is 2.75 bits per heavy atom. The normalized spacial score (nSPS) is 16.4. The summed E-state index contributed by atoms with van der Waals surface area (Å²) in [4.78, 5) is 21.9. The molecule has 0 atom stereocenters. The molecule has 2 aromatic carbocycles. The molecule has 0 spiro atoms. The van der Waals surface area contributed by atoms with Gasteiger partial charge in [-0.05, 0) is 30.2 Å². The van der Waals surface area contributed by atoms with Gasteiger partial charge in [-0.25, -0.2) is 4.99 Å². The van der Waals surface area contributed by atoms with Crippen molar-refractivity contribution in [1.29, 1.82) is 0 Å². The zero-order valence-corrected chi connectivity index (χ0v) is 13.9. The summed E-state index contributed by atoms with van der Waals surface area (Å²) in [5.74, 6) is 0.606. The third kappa shape index (κ3) is 2.95. The molecule has 5 heteroatoms. The molecule has 120 valence electrons. The highest BCUT2D eigenvalue weighted by atomic mass is 32.2. The number of H-pyrrole nitrogens is 1. The van der Waals surface area contributed by atoms with Gasteiger partial charge in [-0.1, -0.05) is 48.2 Å². The minimum atomic E-state index is 0.134. The van der Waals surface area contributed by atoms with E-state index in [1.807, 2.05) is 48.7 Å². The number of hydrogen-bond donors (Lipinski definition) is 1. The van der Waals surface area contributed by atoms with E-state index in [0.717, 1.165) is 22.8 Å². The van der Waals surface area contributed by atoms with Crippen molar-refractivity contribution >= 4 is 39.4 Å². The standard InChI is InChI=1S/C19H17N3OS/c23-18-13-24-19(21-15-6-2-1-3-7-15)22(18)11-10-14-12-20-17-9-5-4-8-16(14)17/h1-9,12,20H,10-11,13H2. The van der Waals surface area contributed by atoms with Crippen molar-refractivity contribution < 1.29 is 4.79 Å². The summed E-state index contributed by atoms with van der Waals surface area (Å²) in [6, 6.07) is 18.0. The molecule has 1 fully saturated rings. The van der Waals surface area contributed by atoms with Crippen molar-refractivity contribution in [3.63, 3.8) is 0 Å². The summed E-state index contributed by atoms with van der Waals surface area (Å²) in [7, 11) is 0. The second-order valence-electron chi connectivity index (χ2n) is 5.67. The van der Waals surface area contributed by atoms with Crippen LogP contribution in [0.3, 0.4) is 0 Å². The maximum Gasteiger partial charge on any atom is 0.239 e. The van der Waals surface area contributed by atoms with Crippen molar-refractivity contribution in [2.24, 2.45) is 4.99 Å². The van der Waals surface area contributed by atoms with E-state index in [2.05, 4.69) is 22.1 Å². The van der Waals surface area contributed by atoms with Gasteiger partial charge in [0.2, 0.25) is 5.91 Å². The van der Waals surface area contributed by atoms with E-state index in [1.54, 1.807) is 4.90 Å². The molecule has 0 saturated carbocycles. The number of carbonyl (C=O) groups is 1. The molecule has 1 amide bonds. The third-order valence-corrected chi connectivity index (χ3v) is 5.08. The van der Waals surface area contributed by atoms with E-state index in [4.69, 9.17) is 0 Å². The first kappa shape index (κ1) is 15.0. The van der Waals surface area contributed by atoms with Gasteiger partial charge in [0.15, 0.2) is 5.17 Å². The number of carbonyl (C=O) groups excluding carboxylic acids is 1. The highest BCUT2D eigenvalue weighted by Gasteiger charge is 2.28. The number of aromatic amines is 1. The Hall–Kier alpha value is -2.53. The summed E-state index contributed by atoms with van der Waals surface area (Å²) in [6.45, 7) is 0.652. The van der Waals surface area contributed by atoms with Crippen molar-refractivity contribution in [1.82, 2.24) is 9.88 Å². The van der Waals surface area contributed by atoms with Crippen molar-refractivity contribution in [3.05, 3.63) is 66.4 Å². The summed E-state index contributed by atoms with van der Waals surface area (Å²) < 4.78 is 0. The topological polar surface area (TPSA) is 48.5 Å². The lowest BCUT2D eigenvalue weighted by molar-refractivity contribution is -0.124. The molecule has 0 aliphatic carbocycles. The van der Waals surface area contributed by atoms with Crippen LogP contribution in [0.4, 0.5) is 5.69 Å². The smallest absolute Gasteiger partial charge is 0.239 e. The number of aliphatic imine (C=N–C) groups is 1. The van der Waals surface area contributed by atoms with Crippen LogP contribution >= 0.6 is 11.8 Å². The minimum Gasteiger partial charge on any atom is -0.361 e. The molecule has 1 aliphatic heterocycles. The molecule has 4 rings (SSSR count). The average Bonchev–Trinajstić information content (AvgIpc) is 3.18. The highest BCUT2D eigenvalue weighted by molar-refractivity contribution is 8.15. The number of rotatable bonds is 4.